The normalized spacial score (nSPS) is 19.6. The highest BCUT2D eigenvalue weighted by Gasteiger charge is 2.36. The quantitative estimate of drug-likeness (QED) is 0.618. The number of carboxylic acids is 1. The van der Waals surface area contributed by atoms with Gasteiger partial charge in [-0.15, -0.1) is 0 Å². The highest BCUT2D eigenvalue weighted by molar-refractivity contribution is 6.04. The molecular formula is C9H10N4O4. The van der Waals surface area contributed by atoms with Gasteiger partial charge in [-0.1, -0.05) is 0 Å². The van der Waals surface area contributed by atoms with E-state index in [0.717, 1.165) is 6.20 Å². The Balaban J connectivity index is 2.29. The maximum absolute atomic E-state index is 11.6. The molecule has 2 heterocycles. The lowest BCUT2D eigenvalue weighted by molar-refractivity contribution is -0.123. The molecule has 1 aliphatic rings. The molecule has 1 aromatic rings. The molecule has 0 saturated carbocycles. The highest BCUT2D eigenvalue weighted by Crippen LogP contribution is 2.25. The molecule has 17 heavy (non-hydrogen) atoms. The van der Waals surface area contributed by atoms with Gasteiger partial charge in [0.25, 0.3) is 0 Å². The minimum Gasteiger partial charge on any atom is -0.477 e. The van der Waals surface area contributed by atoms with Crippen LogP contribution in [0.2, 0.25) is 0 Å². The number of rotatable bonds is 3. The Morgan fingerprint density at radius 1 is 1.59 bits per heavy atom. The number of carbonyl (C=O) groups excluding carboxylic acids is 2. The van der Waals surface area contributed by atoms with Crippen LogP contribution in [-0.2, 0) is 9.59 Å². The van der Waals surface area contributed by atoms with Gasteiger partial charge in [0.1, 0.15) is 11.4 Å². The molecule has 8 nitrogen and oxygen atoms in total. The number of nitrogens with two attached hydrogens (primary N) is 1. The van der Waals surface area contributed by atoms with E-state index in [4.69, 9.17) is 10.8 Å². The van der Waals surface area contributed by atoms with Crippen molar-refractivity contribution in [3.05, 3.63) is 11.8 Å². The molecule has 2 rings (SSSR count). The van der Waals surface area contributed by atoms with Crippen molar-refractivity contribution in [2.75, 3.05) is 11.4 Å². The van der Waals surface area contributed by atoms with Gasteiger partial charge < -0.3 is 10.8 Å². The number of aromatic amines is 1. The average Bonchev–Trinajstić information content (AvgIpc) is 2.82. The molecular weight excluding hydrogens is 228 g/mol. The summed E-state index contributed by atoms with van der Waals surface area (Å²) in [7, 11) is 0. The number of primary amides is 1. The Morgan fingerprint density at radius 3 is 2.82 bits per heavy atom. The van der Waals surface area contributed by atoms with Crippen molar-refractivity contribution in [2.24, 2.45) is 11.7 Å². The van der Waals surface area contributed by atoms with Gasteiger partial charge in [-0.25, -0.2) is 4.79 Å². The van der Waals surface area contributed by atoms with Gasteiger partial charge in [-0.3, -0.25) is 19.6 Å². The second-order valence-electron chi connectivity index (χ2n) is 3.75. The first-order chi connectivity index (χ1) is 8.00. The number of hydrogen-bond donors (Lipinski definition) is 3. The van der Waals surface area contributed by atoms with Crippen molar-refractivity contribution in [3.63, 3.8) is 0 Å². The van der Waals surface area contributed by atoms with Crippen LogP contribution in [0.3, 0.4) is 0 Å². The van der Waals surface area contributed by atoms with E-state index < -0.39 is 17.8 Å². The van der Waals surface area contributed by atoms with E-state index in [1.807, 2.05) is 0 Å². The first-order valence-electron chi connectivity index (χ1n) is 4.87. The summed E-state index contributed by atoms with van der Waals surface area (Å²) in [4.78, 5) is 34.7. The first kappa shape index (κ1) is 11.1. The molecule has 1 aliphatic heterocycles. The monoisotopic (exact) mass is 238 g/mol. The van der Waals surface area contributed by atoms with E-state index in [2.05, 4.69) is 10.2 Å². The third-order valence-corrected chi connectivity index (χ3v) is 2.65. The highest BCUT2D eigenvalue weighted by atomic mass is 16.4. The number of carbonyl (C=O) groups is 3. The lowest BCUT2D eigenvalue weighted by atomic mass is 10.1. The van der Waals surface area contributed by atoms with Gasteiger partial charge in [-0.05, 0) is 0 Å². The van der Waals surface area contributed by atoms with Crippen LogP contribution < -0.4 is 10.6 Å². The molecule has 0 aliphatic carbocycles. The number of aromatic carboxylic acids is 1. The summed E-state index contributed by atoms with van der Waals surface area (Å²) < 4.78 is 0. The van der Waals surface area contributed by atoms with Gasteiger partial charge in [0.2, 0.25) is 11.8 Å². The summed E-state index contributed by atoms with van der Waals surface area (Å²) in [5, 5.41) is 14.9. The van der Waals surface area contributed by atoms with Gasteiger partial charge >= 0.3 is 5.97 Å². The Labute approximate surface area is 95.4 Å². The van der Waals surface area contributed by atoms with E-state index in [0.29, 0.717) is 0 Å². The van der Waals surface area contributed by atoms with Crippen LogP contribution in [0.25, 0.3) is 0 Å². The second-order valence-corrected chi connectivity index (χ2v) is 3.75. The molecule has 0 radical (unpaired) electrons. The molecule has 1 atom stereocenters. The lowest BCUT2D eigenvalue weighted by Crippen LogP contribution is -2.29. The maximum atomic E-state index is 11.6. The minimum atomic E-state index is -1.19. The van der Waals surface area contributed by atoms with Crippen molar-refractivity contribution in [1.82, 2.24) is 10.2 Å². The zero-order valence-electron chi connectivity index (χ0n) is 8.71. The summed E-state index contributed by atoms with van der Waals surface area (Å²) in [6, 6.07) is 0. The maximum Gasteiger partial charge on any atom is 0.341 e. The van der Waals surface area contributed by atoms with E-state index >= 15 is 0 Å². The van der Waals surface area contributed by atoms with Crippen LogP contribution in [0.5, 0.6) is 0 Å². The molecule has 2 amide bonds. The van der Waals surface area contributed by atoms with Gasteiger partial charge in [0.05, 0.1) is 12.1 Å². The van der Waals surface area contributed by atoms with Crippen molar-refractivity contribution < 1.29 is 19.5 Å². The van der Waals surface area contributed by atoms with E-state index in [-0.39, 0.29) is 30.3 Å². The second kappa shape index (κ2) is 3.89. The molecule has 8 heteroatoms. The Hall–Kier alpha value is -2.38. The minimum absolute atomic E-state index is 0.00654. The van der Waals surface area contributed by atoms with Crippen molar-refractivity contribution in [1.29, 1.82) is 0 Å². The molecule has 1 unspecified atom stereocenters. The van der Waals surface area contributed by atoms with Crippen molar-refractivity contribution in [2.45, 2.75) is 6.42 Å². The Bertz CT molecular complexity index is 495. The number of anilines is 1. The summed E-state index contributed by atoms with van der Waals surface area (Å²) in [6.45, 7) is 0.0800. The van der Waals surface area contributed by atoms with Crippen molar-refractivity contribution in [3.8, 4) is 0 Å². The van der Waals surface area contributed by atoms with Crippen LogP contribution in [0.15, 0.2) is 6.20 Å². The van der Waals surface area contributed by atoms with E-state index in [1.165, 1.54) is 4.90 Å². The van der Waals surface area contributed by atoms with Crippen LogP contribution in [0.4, 0.5) is 5.82 Å². The van der Waals surface area contributed by atoms with E-state index in [9.17, 15) is 14.4 Å². The summed E-state index contributed by atoms with van der Waals surface area (Å²) in [6.07, 6.45) is 1.11. The first-order valence-corrected chi connectivity index (χ1v) is 4.87. The number of carboxylic acid groups (broad SMARTS) is 1. The number of hydrogen-bond acceptors (Lipinski definition) is 4. The predicted octanol–water partition coefficient (Wildman–Crippen LogP) is -1.05. The average molecular weight is 238 g/mol. The third-order valence-electron chi connectivity index (χ3n) is 2.65. The zero-order valence-corrected chi connectivity index (χ0v) is 8.71. The number of amides is 2. The number of nitrogens with one attached hydrogen (secondary N) is 1. The topological polar surface area (TPSA) is 129 Å². The largest absolute Gasteiger partial charge is 0.477 e. The number of nitrogens with zero attached hydrogens (tertiary/aromatic N) is 2. The number of aromatic nitrogens is 2. The van der Waals surface area contributed by atoms with Crippen molar-refractivity contribution >= 4 is 23.6 Å². The molecule has 1 saturated heterocycles. The van der Waals surface area contributed by atoms with E-state index in [1.54, 1.807) is 0 Å². The molecule has 0 aromatic carbocycles. The fourth-order valence-corrected chi connectivity index (χ4v) is 1.76. The summed E-state index contributed by atoms with van der Waals surface area (Å²) >= 11 is 0. The smallest absolute Gasteiger partial charge is 0.341 e. The fourth-order valence-electron chi connectivity index (χ4n) is 1.76. The zero-order chi connectivity index (χ0) is 12.6. The fraction of sp³-hybridized carbons (Fsp3) is 0.333. The molecule has 90 valence electrons. The number of H-pyrrole nitrogens is 1. The third kappa shape index (κ3) is 1.84. The SMILES string of the molecule is NC(=O)C1CC(=O)N(c2[nH]ncc2C(=O)O)C1. The van der Waals surface area contributed by atoms with Gasteiger partial charge in [-0.2, -0.15) is 5.10 Å². The summed E-state index contributed by atoms with van der Waals surface area (Å²) in [5.74, 6) is -2.61. The van der Waals surface area contributed by atoms with Gasteiger partial charge in [0, 0.05) is 13.0 Å². The molecule has 1 aromatic heterocycles. The standard InChI is InChI=1S/C9H10N4O4/c10-7(15)4-1-6(14)13(3-4)8-5(9(16)17)2-11-12-8/h2,4H,1,3H2,(H2,10,15)(H,11,12)(H,16,17). The van der Waals surface area contributed by atoms with Crippen LogP contribution in [0.1, 0.15) is 16.8 Å². The lowest BCUT2D eigenvalue weighted by Gasteiger charge is -2.14. The van der Waals surface area contributed by atoms with Crippen LogP contribution in [0, 0.1) is 5.92 Å². The Morgan fingerprint density at radius 2 is 2.29 bits per heavy atom. The predicted molar refractivity (Wildman–Crippen MR) is 55.2 cm³/mol. The Kier molecular flexibility index (Phi) is 2.54. The molecule has 4 N–H and O–H groups in total. The summed E-state index contributed by atoms with van der Waals surface area (Å²) in [5.41, 5.74) is 5.01. The molecule has 0 spiro atoms. The molecule has 0 bridgehead atoms. The van der Waals surface area contributed by atoms with Gasteiger partial charge in [0.15, 0.2) is 0 Å². The molecule has 1 fully saturated rings. The van der Waals surface area contributed by atoms with Crippen LogP contribution in [-0.4, -0.2) is 39.6 Å². The van der Waals surface area contributed by atoms with Crippen LogP contribution >= 0.6 is 0 Å².